The maximum absolute atomic E-state index is 11.8. The molecule has 154 valence electrons. The van der Waals surface area contributed by atoms with E-state index >= 15 is 0 Å². The summed E-state index contributed by atoms with van der Waals surface area (Å²) >= 11 is 0. The molecular weight excluding hydrogens is 370 g/mol. The average Bonchev–Trinajstić information content (AvgIpc) is 3.03. The number of carbonyl (C=O) groups excluding carboxylic acids is 1. The number of nitrogen functional groups attached to an aromatic ring is 1. The van der Waals surface area contributed by atoms with Gasteiger partial charge in [-0.1, -0.05) is 6.92 Å². The Morgan fingerprint density at radius 1 is 1.31 bits per heavy atom. The molecule has 9 nitrogen and oxygen atoms in total. The summed E-state index contributed by atoms with van der Waals surface area (Å²) in [5, 5.41) is 5.46. The van der Waals surface area contributed by atoms with Crippen molar-refractivity contribution in [1.82, 2.24) is 24.8 Å². The zero-order chi connectivity index (χ0) is 20.6. The molecule has 0 bridgehead atoms. The molecule has 3 rings (SSSR count). The Balaban J connectivity index is 1.48. The van der Waals surface area contributed by atoms with Crippen LogP contribution in [0.15, 0.2) is 30.6 Å². The van der Waals surface area contributed by atoms with Crippen LogP contribution in [0.5, 0.6) is 0 Å². The van der Waals surface area contributed by atoms with Gasteiger partial charge in [0.2, 0.25) is 0 Å². The number of nitrogens with one attached hydrogen (secondary N) is 2. The van der Waals surface area contributed by atoms with Crippen LogP contribution in [0.4, 0.5) is 16.3 Å². The summed E-state index contributed by atoms with van der Waals surface area (Å²) in [7, 11) is 0. The molecule has 0 fully saturated rings. The number of urea groups is 1. The number of nitrogens with zero attached hydrogens (tertiary/aromatic N) is 4. The molecule has 3 heterocycles. The van der Waals surface area contributed by atoms with Crippen LogP contribution in [0.3, 0.4) is 0 Å². The molecule has 0 saturated heterocycles. The van der Waals surface area contributed by atoms with Crippen LogP contribution in [-0.2, 0) is 17.7 Å². The average molecular weight is 397 g/mol. The van der Waals surface area contributed by atoms with Gasteiger partial charge in [0.1, 0.15) is 11.3 Å². The maximum atomic E-state index is 11.8. The number of fused-ring (bicyclic) bond motifs is 1. The first-order chi connectivity index (χ1) is 14.1. The van der Waals surface area contributed by atoms with Gasteiger partial charge in [-0.3, -0.25) is 4.98 Å². The summed E-state index contributed by atoms with van der Waals surface area (Å²) in [5.74, 6) is 1.44. The lowest BCUT2D eigenvalue weighted by atomic mass is 10.3. The number of ether oxygens (including phenoxy) is 1. The molecule has 4 N–H and O–H groups in total. The Kier molecular flexibility index (Phi) is 6.96. The molecule has 0 aliphatic carbocycles. The minimum absolute atomic E-state index is 0.286. The van der Waals surface area contributed by atoms with Crippen molar-refractivity contribution in [3.63, 3.8) is 0 Å². The molecule has 0 radical (unpaired) electrons. The zero-order valence-electron chi connectivity index (χ0n) is 16.8. The van der Waals surface area contributed by atoms with E-state index in [2.05, 4.69) is 37.1 Å². The molecule has 0 aliphatic rings. The number of anilines is 2. The Hall–Kier alpha value is -3.20. The van der Waals surface area contributed by atoms with Crippen molar-refractivity contribution in [3.05, 3.63) is 42.1 Å². The van der Waals surface area contributed by atoms with Gasteiger partial charge in [-0.2, -0.15) is 0 Å². The summed E-state index contributed by atoms with van der Waals surface area (Å²) < 4.78 is 7.85. The van der Waals surface area contributed by atoms with Gasteiger partial charge in [-0.05, 0) is 31.5 Å². The fraction of sp³-hybridized carbons (Fsp3) is 0.400. The molecule has 0 saturated carbocycles. The standard InChI is InChI=1S/C20H27N7O2/c1-3-5-17-26-18-16(12-14(2)24-19(18)21)27(17)9-11-29-10-8-23-20(28)25-15-6-4-7-22-13-15/h4,6-7,12-13H,3,5,8-11H2,1-2H3,(H2,21,24)(H2,23,25,28). The lowest BCUT2D eigenvalue weighted by molar-refractivity contribution is 0.129. The normalized spacial score (nSPS) is 11.0. The van der Waals surface area contributed by atoms with E-state index in [1.54, 1.807) is 24.5 Å². The third kappa shape index (κ3) is 5.41. The van der Waals surface area contributed by atoms with E-state index in [0.29, 0.717) is 37.8 Å². The van der Waals surface area contributed by atoms with Crippen molar-refractivity contribution < 1.29 is 9.53 Å². The highest BCUT2D eigenvalue weighted by Gasteiger charge is 2.13. The number of nitrogens with two attached hydrogens (primary N) is 1. The van der Waals surface area contributed by atoms with E-state index in [0.717, 1.165) is 35.4 Å². The predicted octanol–water partition coefficient (Wildman–Crippen LogP) is 2.51. The highest BCUT2D eigenvalue weighted by atomic mass is 16.5. The summed E-state index contributed by atoms with van der Waals surface area (Å²) in [4.78, 5) is 24.7. The van der Waals surface area contributed by atoms with Gasteiger partial charge in [0, 0.05) is 31.4 Å². The van der Waals surface area contributed by atoms with E-state index < -0.39 is 0 Å². The highest BCUT2D eigenvalue weighted by molar-refractivity contribution is 5.89. The Morgan fingerprint density at radius 2 is 2.17 bits per heavy atom. The summed E-state index contributed by atoms with van der Waals surface area (Å²) in [5.41, 5.74) is 9.28. The number of pyridine rings is 2. The Morgan fingerprint density at radius 3 is 2.93 bits per heavy atom. The first-order valence-electron chi connectivity index (χ1n) is 9.73. The highest BCUT2D eigenvalue weighted by Crippen LogP contribution is 2.22. The fourth-order valence-corrected chi connectivity index (χ4v) is 3.09. The van der Waals surface area contributed by atoms with Crippen molar-refractivity contribution in [1.29, 1.82) is 0 Å². The largest absolute Gasteiger partial charge is 0.382 e. The third-order valence-electron chi connectivity index (χ3n) is 4.36. The molecule has 0 unspecified atom stereocenters. The second-order valence-electron chi connectivity index (χ2n) is 6.68. The predicted molar refractivity (Wildman–Crippen MR) is 113 cm³/mol. The number of hydrogen-bond acceptors (Lipinski definition) is 6. The monoisotopic (exact) mass is 397 g/mol. The van der Waals surface area contributed by atoms with E-state index in [-0.39, 0.29) is 6.03 Å². The number of aryl methyl sites for hydroxylation is 2. The molecule has 0 atom stereocenters. The molecule has 2 amide bonds. The first-order valence-corrected chi connectivity index (χ1v) is 9.73. The number of carbonyl (C=O) groups is 1. The minimum Gasteiger partial charge on any atom is -0.382 e. The van der Waals surface area contributed by atoms with Gasteiger partial charge in [0.15, 0.2) is 5.82 Å². The van der Waals surface area contributed by atoms with Crippen LogP contribution >= 0.6 is 0 Å². The van der Waals surface area contributed by atoms with Crippen molar-refractivity contribution in [2.24, 2.45) is 0 Å². The topological polar surface area (TPSA) is 120 Å². The van der Waals surface area contributed by atoms with E-state index in [1.807, 2.05) is 13.0 Å². The van der Waals surface area contributed by atoms with E-state index in [4.69, 9.17) is 10.5 Å². The summed E-state index contributed by atoms with van der Waals surface area (Å²) in [6.07, 6.45) is 5.09. The van der Waals surface area contributed by atoms with Crippen molar-refractivity contribution >= 4 is 28.6 Å². The molecule has 9 heteroatoms. The summed E-state index contributed by atoms with van der Waals surface area (Å²) in [6.45, 7) is 6.04. The quantitative estimate of drug-likeness (QED) is 0.477. The van der Waals surface area contributed by atoms with Gasteiger partial charge < -0.3 is 25.7 Å². The molecular formula is C20H27N7O2. The van der Waals surface area contributed by atoms with Crippen molar-refractivity contribution in [2.45, 2.75) is 33.2 Å². The van der Waals surface area contributed by atoms with Gasteiger partial charge in [-0.25, -0.2) is 14.8 Å². The molecule has 3 aromatic rings. The maximum Gasteiger partial charge on any atom is 0.319 e. The van der Waals surface area contributed by atoms with Gasteiger partial charge in [-0.15, -0.1) is 0 Å². The number of hydrogen-bond donors (Lipinski definition) is 3. The van der Waals surface area contributed by atoms with E-state index in [1.165, 1.54) is 0 Å². The zero-order valence-corrected chi connectivity index (χ0v) is 16.8. The lowest BCUT2D eigenvalue weighted by Gasteiger charge is -2.11. The molecule has 0 aromatic carbocycles. The second-order valence-corrected chi connectivity index (χ2v) is 6.68. The van der Waals surface area contributed by atoms with E-state index in [9.17, 15) is 4.79 Å². The Labute approximate surface area is 169 Å². The number of amides is 2. The van der Waals surface area contributed by atoms with Crippen molar-refractivity contribution in [2.75, 3.05) is 30.8 Å². The Bertz CT molecular complexity index is 956. The number of aromatic nitrogens is 4. The minimum atomic E-state index is -0.286. The van der Waals surface area contributed by atoms with Crippen molar-refractivity contribution in [3.8, 4) is 0 Å². The first kappa shape index (κ1) is 20.5. The van der Waals surface area contributed by atoms with Gasteiger partial charge >= 0.3 is 6.03 Å². The molecule has 29 heavy (non-hydrogen) atoms. The van der Waals surface area contributed by atoms with Crippen LogP contribution in [0, 0.1) is 6.92 Å². The van der Waals surface area contributed by atoms with Gasteiger partial charge in [0.05, 0.1) is 30.6 Å². The lowest BCUT2D eigenvalue weighted by Crippen LogP contribution is -2.31. The second kappa shape index (κ2) is 9.83. The smallest absolute Gasteiger partial charge is 0.319 e. The van der Waals surface area contributed by atoms with Crippen LogP contribution in [0.25, 0.3) is 11.0 Å². The molecule has 3 aromatic heterocycles. The third-order valence-corrected chi connectivity index (χ3v) is 4.36. The SMILES string of the molecule is CCCc1nc2c(N)nc(C)cc2n1CCOCCNC(=O)Nc1cccnc1. The van der Waals surface area contributed by atoms with Crippen LogP contribution < -0.4 is 16.4 Å². The number of imidazole rings is 1. The van der Waals surface area contributed by atoms with Crippen LogP contribution in [-0.4, -0.2) is 45.3 Å². The molecule has 0 spiro atoms. The fourth-order valence-electron chi connectivity index (χ4n) is 3.09. The van der Waals surface area contributed by atoms with Crippen LogP contribution in [0.1, 0.15) is 24.9 Å². The summed E-state index contributed by atoms with van der Waals surface area (Å²) in [6, 6.07) is 5.25. The van der Waals surface area contributed by atoms with Crippen LogP contribution in [0.2, 0.25) is 0 Å². The number of rotatable bonds is 9. The molecule has 0 aliphatic heterocycles. The van der Waals surface area contributed by atoms with Gasteiger partial charge in [0.25, 0.3) is 0 Å².